The van der Waals surface area contributed by atoms with E-state index >= 15 is 0 Å². The van der Waals surface area contributed by atoms with Gasteiger partial charge >= 0.3 is 0 Å². The summed E-state index contributed by atoms with van der Waals surface area (Å²) in [6.07, 6.45) is 3.40. The van der Waals surface area contributed by atoms with Crippen LogP contribution in [0.3, 0.4) is 0 Å². The van der Waals surface area contributed by atoms with Gasteiger partial charge in [-0.1, -0.05) is 47.7 Å². The molecular formula is C24H20N5O3S-. The summed E-state index contributed by atoms with van der Waals surface area (Å²) in [6.45, 7) is 4.03. The minimum atomic E-state index is -1.35. The van der Waals surface area contributed by atoms with E-state index in [0.29, 0.717) is 11.0 Å². The largest absolute Gasteiger partial charge is 0.545 e. The highest BCUT2D eigenvalue weighted by atomic mass is 32.2. The highest BCUT2D eigenvalue weighted by molar-refractivity contribution is 7.99. The van der Waals surface area contributed by atoms with E-state index in [1.54, 1.807) is 24.5 Å². The number of carboxylic acids is 1. The maximum atomic E-state index is 12.6. The van der Waals surface area contributed by atoms with Crippen LogP contribution in [-0.4, -0.2) is 37.4 Å². The Morgan fingerprint density at radius 2 is 1.88 bits per heavy atom. The molecule has 0 saturated heterocycles. The maximum absolute atomic E-state index is 12.6. The summed E-state index contributed by atoms with van der Waals surface area (Å²) in [4.78, 5) is 28.0. The molecule has 0 saturated carbocycles. The van der Waals surface area contributed by atoms with Crippen molar-refractivity contribution in [2.45, 2.75) is 19.0 Å². The molecule has 166 valence electrons. The smallest absolute Gasteiger partial charge is 0.234 e. The van der Waals surface area contributed by atoms with Gasteiger partial charge < -0.3 is 15.2 Å². The van der Waals surface area contributed by atoms with Gasteiger partial charge in [0, 0.05) is 29.2 Å². The number of benzene rings is 2. The van der Waals surface area contributed by atoms with Gasteiger partial charge in [0.2, 0.25) is 5.91 Å². The third-order valence-corrected chi connectivity index (χ3v) is 5.83. The standard InChI is InChI=1S/C24H21N5O3S/c1-15-9-10-20(16(2)12-15)29-22(17-6-5-11-25-13-17)27-28-24(29)33-14-21(30)26-19-8-4-3-7-18(19)23(31)32/h3-13H,14H2,1-2H3,(H,26,30)(H,31,32)/p-1. The number of amides is 1. The average molecular weight is 459 g/mol. The Labute approximate surface area is 194 Å². The van der Waals surface area contributed by atoms with Crippen LogP contribution < -0.4 is 10.4 Å². The van der Waals surface area contributed by atoms with Gasteiger partial charge in [-0.3, -0.25) is 14.3 Å². The van der Waals surface area contributed by atoms with Crippen molar-refractivity contribution in [2.24, 2.45) is 0 Å². The van der Waals surface area contributed by atoms with Gasteiger partial charge in [0.1, 0.15) is 0 Å². The lowest BCUT2D eigenvalue weighted by atomic mass is 10.1. The van der Waals surface area contributed by atoms with Gasteiger partial charge in [-0.15, -0.1) is 10.2 Å². The van der Waals surface area contributed by atoms with Crippen LogP contribution in [0.2, 0.25) is 0 Å². The zero-order chi connectivity index (χ0) is 23.4. The van der Waals surface area contributed by atoms with Crippen molar-refractivity contribution in [3.8, 4) is 17.1 Å². The third kappa shape index (κ3) is 4.93. The number of nitrogens with zero attached hydrogens (tertiary/aromatic N) is 4. The summed E-state index contributed by atoms with van der Waals surface area (Å²) in [7, 11) is 0. The lowest BCUT2D eigenvalue weighted by Gasteiger charge is -2.14. The monoisotopic (exact) mass is 458 g/mol. The summed E-state index contributed by atoms with van der Waals surface area (Å²) in [5.74, 6) is -1.10. The number of carbonyl (C=O) groups excluding carboxylic acids is 2. The SMILES string of the molecule is Cc1ccc(-n2c(SCC(=O)Nc3ccccc3C(=O)[O-])nnc2-c2cccnc2)c(C)c1. The first-order valence-electron chi connectivity index (χ1n) is 10.1. The number of carboxylic acid groups (broad SMARTS) is 1. The summed E-state index contributed by atoms with van der Waals surface area (Å²) >= 11 is 1.21. The molecule has 0 fully saturated rings. The van der Waals surface area contributed by atoms with Gasteiger partial charge in [0.05, 0.1) is 17.4 Å². The van der Waals surface area contributed by atoms with Gasteiger partial charge in [-0.2, -0.15) is 0 Å². The zero-order valence-corrected chi connectivity index (χ0v) is 18.8. The van der Waals surface area contributed by atoms with E-state index in [4.69, 9.17) is 0 Å². The van der Waals surface area contributed by atoms with E-state index in [9.17, 15) is 14.7 Å². The van der Waals surface area contributed by atoms with Crippen LogP contribution in [0.4, 0.5) is 5.69 Å². The number of aromatic carboxylic acids is 1. The van der Waals surface area contributed by atoms with Crippen molar-refractivity contribution in [1.29, 1.82) is 0 Å². The van der Waals surface area contributed by atoms with Gasteiger partial charge in [-0.25, -0.2) is 0 Å². The normalized spacial score (nSPS) is 10.7. The fourth-order valence-corrected chi connectivity index (χ4v) is 4.15. The molecule has 1 N–H and O–H groups in total. The van der Waals surface area contributed by atoms with Crippen molar-refractivity contribution in [2.75, 3.05) is 11.1 Å². The van der Waals surface area contributed by atoms with E-state index in [0.717, 1.165) is 22.4 Å². The van der Waals surface area contributed by atoms with E-state index in [1.165, 1.54) is 23.9 Å². The Morgan fingerprint density at radius 1 is 1.06 bits per heavy atom. The number of anilines is 1. The Balaban J connectivity index is 1.63. The number of aryl methyl sites for hydroxylation is 2. The second kappa shape index (κ2) is 9.66. The van der Waals surface area contributed by atoms with Crippen LogP contribution >= 0.6 is 11.8 Å². The van der Waals surface area contributed by atoms with Crippen molar-refractivity contribution in [3.05, 3.63) is 83.7 Å². The molecule has 0 aliphatic rings. The second-order valence-corrected chi connectivity index (χ2v) is 8.29. The fourth-order valence-electron chi connectivity index (χ4n) is 3.41. The highest BCUT2D eigenvalue weighted by Crippen LogP contribution is 2.29. The van der Waals surface area contributed by atoms with E-state index < -0.39 is 5.97 Å². The minimum Gasteiger partial charge on any atom is -0.545 e. The molecule has 0 spiro atoms. The number of hydrogen-bond acceptors (Lipinski definition) is 7. The molecule has 2 aromatic carbocycles. The number of nitrogens with one attached hydrogen (secondary N) is 1. The topological polar surface area (TPSA) is 113 Å². The first-order chi connectivity index (χ1) is 15.9. The molecule has 33 heavy (non-hydrogen) atoms. The summed E-state index contributed by atoms with van der Waals surface area (Å²) in [5.41, 5.74) is 3.98. The van der Waals surface area contributed by atoms with Crippen LogP contribution in [0, 0.1) is 13.8 Å². The number of carbonyl (C=O) groups is 2. The first-order valence-corrected chi connectivity index (χ1v) is 11.1. The minimum absolute atomic E-state index is 0.0114. The molecule has 2 heterocycles. The van der Waals surface area contributed by atoms with Crippen molar-refractivity contribution >= 4 is 29.3 Å². The molecule has 0 unspecified atom stereocenters. The van der Waals surface area contributed by atoms with Crippen molar-refractivity contribution < 1.29 is 14.7 Å². The van der Waals surface area contributed by atoms with Crippen LogP contribution in [-0.2, 0) is 4.79 Å². The van der Waals surface area contributed by atoms with Crippen molar-refractivity contribution in [3.63, 3.8) is 0 Å². The zero-order valence-electron chi connectivity index (χ0n) is 18.0. The molecule has 2 aromatic heterocycles. The third-order valence-electron chi connectivity index (χ3n) is 4.90. The quantitative estimate of drug-likeness (QED) is 0.424. The summed E-state index contributed by atoms with van der Waals surface area (Å²) in [6, 6.07) is 15.9. The van der Waals surface area contributed by atoms with Gasteiger partial charge in [0.15, 0.2) is 11.0 Å². The Hall–Kier alpha value is -3.98. The fraction of sp³-hybridized carbons (Fsp3) is 0.125. The molecule has 0 aliphatic heterocycles. The lowest BCUT2D eigenvalue weighted by molar-refractivity contribution is -0.254. The van der Waals surface area contributed by atoms with Crippen LogP contribution in [0.25, 0.3) is 17.1 Å². The number of pyridine rings is 1. The molecule has 4 aromatic rings. The van der Waals surface area contributed by atoms with Crippen LogP contribution in [0.5, 0.6) is 0 Å². The average Bonchev–Trinajstić information content (AvgIpc) is 3.22. The molecule has 4 rings (SSSR count). The molecule has 0 radical (unpaired) electrons. The molecule has 8 nitrogen and oxygen atoms in total. The molecular weight excluding hydrogens is 438 g/mol. The summed E-state index contributed by atoms with van der Waals surface area (Å²) in [5, 5.41) is 23.1. The molecule has 0 bridgehead atoms. The number of aromatic nitrogens is 4. The van der Waals surface area contributed by atoms with E-state index in [-0.39, 0.29) is 22.9 Å². The lowest BCUT2D eigenvalue weighted by Crippen LogP contribution is -2.25. The van der Waals surface area contributed by atoms with Crippen LogP contribution in [0.15, 0.2) is 72.1 Å². The highest BCUT2D eigenvalue weighted by Gasteiger charge is 2.19. The Bertz CT molecular complexity index is 1320. The number of rotatable bonds is 7. The Morgan fingerprint density at radius 3 is 2.61 bits per heavy atom. The number of thioether (sulfide) groups is 1. The van der Waals surface area contributed by atoms with Gasteiger partial charge in [-0.05, 0) is 43.7 Å². The summed E-state index contributed by atoms with van der Waals surface area (Å²) < 4.78 is 1.90. The number of hydrogen-bond donors (Lipinski definition) is 1. The van der Waals surface area contributed by atoms with E-state index in [2.05, 4.69) is 26.6 Å². The maximum Gasteiger partial charge on any atom is 0.234 e. The predicted molar refractivity (Wildman–Crippen MR) is 124 cm³/mol. The van der Waals surface area contributed by atoms with E-state index in [1.807, 2.05) is 42.7 Å². The molecule has 1 amide bonds. The molecule has 0 atom stereocenters. The molecule has 0 aliphatic carbocycles. The second-order valence-electron chi connectivity index (χ2n) is 7.34. The Kier molecular flexibility index (Phi) is 6.50. The number of para-hydroxylation sites is 1. The first kappa shape index (κ1) is 22.2. The predicted octanol–water partition coefficient (Wildman–Crippen LogP) is 3.04. The van der Waals surface area contributed by atoms with Crippen LogP contribution in [0.1, 0.15) is 21.5 Å². The van der Waals surface area contributed by atoms with Gasteiger partial charge in [0.25, 0.3) is 0 Å². The van der Waals surface area contributed by atoms with Crippen molar-refractivity contribution in [1.82, 2.24) is 19.7 Å². The molecule has 9 heteroatoms.